The third-order valence-corrected chi connectivity index (χ3v) is 4.67. The van der Waals surface area contributed by atoms with Gasteiger partial charge in [-0.05, 0) is 51.0 Å². The fraction of sp³-hybridized carbons (Fsp3) is 0. The summed E-state index contributed by atoms with van der Waals surface area (Å²) >= 11 is 0. The predicted octanol–water partition coefficient (Wildman–Crippen LogP) is 5.55. The van der Waals surface area contributed by atoms with E-state index in [-0.39, 0.29) is 10.6 Å². The maximum absolute atomic E-state index is 11.5. The Hall–Kier alpha value is -3.20. The monoisotopic (exact) mass is 297 g/mol. The Bertz CT molecular complexity index is 1150. The highest BCUT2D eigenvalue weighted by Gasteiger charge is 2.28. The predicted molar refractivity (Wildman–Crippen MR) is 92.5 cm³/mol. The van der Waals surface area contributed by atoms with Crippen LogP contribution >= 0.6 is 0 Å². The zero-order valence-electron chi connectivity index (χ0n) is 12.1. The minimum absolute atomic E-state index is 0.180. The standard InChI is InChI=1S/C20H11NO2/c22-21(23)18-9-8-12-6-3-7-15-16-10-13-4-1-2-5-14(13)11-17(16)20(18)19(12)15/h1-11H. The van der Waals surface area contributed by atoms with Crippen molar-refractivity contribution in [2.75, 3.05) is 0 Å². The van der Waals surface area contributed by atoms with Crippen LogP contribution in [0.3, 0.4) is 0 Å². The number of fused-ring (bicyclic) bond motifs is 4. The molecule has 0 N–H and O–H groups in total. The summed E-state index contributed by atoms with van der Waals surface area (Å²) in [5.41, 5.74) is 4.06. The molecule has 108 valence electrons. The largest absolute Gasteiger partial charge is 0.277 e. The summed E-state index contributed by atoms with van der Waals surface area (Å²) in [7, 11) is 0. The van der Waals surface area contributed by atoms with Gasteiger partial charge in [0.25, 0.3) is 5.69 Å². The fourth-order valence-electron chi connectivity index (χ4n) is 3.69. The summed E-state index contributed by atoms with van der Waals surface area (Å²) in [5.74, 6) is 0. The Morgan fingerprint density at radius 3 is 2.13 bits per heavy atom. The minimum Gasteiger partial charge on any atom is -0.258 e. The lowest BCUT2D eigenvalue weighted by Crippen LogP contribution is -1.91. The van der Waals surface area contributed by atoms with Crippen molar-refractivity contribution in [3.05, 3.63) is 76.8 Å². The second-order valence-electron chi connectivity index (χ2n) is 5.87. The molecule has 5 rings (SSSR count). The molecule has 4 aromatic rings. The number of hydrogen-bond acceptors (Lipinski definition) is 2. The summed E-state index contributed by atoms with van der Waals surface area (Å²) in [4.78, 5) is 11.2. The smallest absolute Gasteiger partial charge is 0.258 e. The highest BCUT2D eigenvalue weighted by Crippen LogP contribution is 2.51. The van der Waals surface area contributed by atoms with E-state index in [9.17, 15) is 10.1 Å². The van der Waals surface area contributed by atoms with Gasteiger partial charge in [0.2, 0.25) is 0 Å². The van der Waals surface area contributed by atoms with Crippen molar-refractivity contribution in [2.45, 2.75) is 0 Å². The average molecular weight is 297 g/mol. The molecule has 0 heterocycles. The van der Waals surface area contributed by atoms with E-state index in [1.165, 1.54) is 0 Å². The van der Waals surface area contributed by atoms with E-state index < -0.39 is 0 Å². The number of nitro benzene ring substituents is 1. The van der Waals surface area contributed by atoms with Crippen LogP contribution in [0.5, 0.6) is 0 Å². The molecule has 23 heavy (non-hydrogen) atoms. The Morgan fingerprint density at radius 2 is 1.39 bits per heavy atom. The summed E-state index contributed by atoms with van der Waals surface area (Å²) < 4.78 is 0. The molecule has 0 amide bonds. The van der Waals surface area contributed by atoms with Gasteiger partial charge >= 0.3 is 0 Å². The molecule has 3 nitrogen and oxygen atoms in total. The zero-order valence-corrected chi connectivity index (χ0v) is 12.1. The molecule has 0 aliphatic heterocycles. The van der Waals surface area contributed by atoms with Crippen LogP contribution in [-0.2, 0) is 0 Å². The molecule has 4 aromatic carbocycles. The van der Waals surface area contributed by atoms with Gasteiger partial charge in [0.1, 0.15) is 0 Å². The number of rotatable bonds is 1. The van der Waals surface area contributed by atoms with Crippen molar-refractivity contribution >= 4 is 27.2 Å². The molecule has 1 aliphatic rings. The van der Waals surface area contributed by atoms with Gasteiger partial charge in [0.15, 0.2) is 0 Å². The highest BCUT2D eigenvalue weighted by atomic mass is 16.6. The van der Waals surface area contributed by atoms with Crippen LogP contribution in [0.1, 0.15) is 0 Å². The van der Waals surface area contributed by atoms with Crippen LogP contribution < -0.4 is 0 Å². The van der Waals surface area contributed by atoms with E-state index in [1.807, 2.05) is 36.4 Å². The van der Waals surface area contributed by atoms with Gasteiger partial charge < -0.3 is 0 Å². The lowest BCUT2D eigenvalue weighted by molar-refractivity contribution is -0.384. The van der Waals surface area contributed by atoms with Gasteiger partial charge in [-0.15, -0.1) is 0 Å². The zero-order chi connectivity index (χ0) is 15.6. The second kappa shape index (κ2) is 4.17. The van der Waals surface area contributed by atoms with Gasteiger partial charge in [0.05, 0.1) is 10.5 Å². The molecule has 0 spiro atoms. The topological polar surface area (TPSA) is 43.1 Å². The molecule has 0 fully saturated rings. The van der Waals surface area contributed by atoms with E-state index >= 15 is 0 Å². The average Bonchev–Trinajstić information content (AvgIpc) is 2.89. The fourth-order valence-corrected chi connectivity index (χ4v) is 3.69. The van der Waals surface area contributed by atoms with E-state index in [0.717, 1.165) is 43.8 Å². The Balaban J connectivity index is 2.02. The molecule has 0 saturated heterocycles. The van der Waals surface area contributed by atoms with Crippen LogP contribution in [0.15, 0.2) is 66.7 Å². The first-order chi connectivity index (χ1) is 11.2. The van der Waals surface area contributed by atoms with Crippen molar-refractivity contribution < 1.29 is 4.92 Å². The number of nitrogens with zero attached hydrogens (tertiary/aromatic N) is 1. The van der Waals surface area contributed by atoms with Gasteiger partial charge in [-0.1, -0.05) is 42.5 Å². The van der Waals surface area contributed by atoms with Crippen LogP contribution in [0, 0.1) is 10.1 Å². The molecule has 3 heteroatoms. The molecule has 0 unspecified atom stereocenters. The van der Waals surface area contributed by atoms with Crippen LogP contribution in [0.25, 0.3) is 43.8 Å². The van der Waals surface area contributed by atoms with Gasteiger partial charge in [-0.3, -0.25) is 10.1 Å². The molecular formula is C20H11NO2. The minimum atomic E-state index is -0.282. The van der Waals surface area contributed by atoms with E-state index in [4.69, 9.17) is 0 Å². The quantitative estimate of drug-likeness (QED) is 0.301. The first-order valence-corrected chi connectivity index (χ1v) is 7.48. The Labute approximate surface area is 131 Å². The van der Waals surface area contributed by atoms with Crippen molar-refractivity contribution in [3.63, 3.8) is 0 Å². The normalized spacial score (nSPS) is 11.8. The summed E-state index contributed by atoms with van der Waals surface area (Å²) in [6.07, 6.45) is 0. The molecule has 0 aromatic heterocycles. The second-order valence-corrected chi connectivity index (χ2v) is 5.87. The van der Waals surface area contributed by atoms with Gasteiger partial charge in [-0.25, -0.2) is 0 Å². The third kappa shape index (κ3) is 1.53. The maximum Gasteiger partial charge on any atom is 0.277 e. The van der Waals surface area contributed by atoms with Crippen molar-refractivity contribution in [2.24, 2.45) is 0 Å². The maximum atomic E-state index is 11.5. The molecule has 0 bridgehead atoms. The molecular weight excluding hydrogens is 286 g/mol. The summed E-state index contributed by atoms with van der Waals surface area (Å²) in [6, 6.07) is 21.9. The number of nitro groups is 1. The SMILES string of the molecule is O=[N+]([O-])c1ccc2cccc3c2c1-c1cc2ccccc2cc1-3. The summed E-state index contributed by atoms with van der Waals surface area (Å²) in [6.45, 7) is 0. The first-order valence-electron chi connectivity index (χ1n) is 7.48. The van der Waals surface area contributed by atoms with E-state index in [1.54, 1.807) is 6.07 Å². The summed E-state index contributed by atoms with van der Waals surface area (Å²) in [5, 5.41) is 15.8. The van der Waals surface area contributed by atoms with Crippen LogP contribution in [0.2, 0.25) is 0 Å². The van der Waals surface area contributed by atoms with Crippen molar-refractivity contribution in [3.8, 4) is 22.3 Å². The lowest BCUT2D eigenvalue weighted by atomic mass is 9.98. The molecule has 1 aliphatic carbocycles. The number of benzene rings is 4. The van der Waals surface area contributed by atoms with Crippen LogP contribution in [0.4, 0.5) is 5.69 Å². The van der Waals surface area contributed by atoms with Gasteiger partial charge in [-0.2, -0.15) is 0 Å². The molecule has 0 radical (unpaired) electrons. The highest BCUT2D eigenvalue weighted by molar-refractivity contribution is 6.19. The Morgan fingerprint density at radius 1 is 0.696 bits per heavy atom. The lowest BCUT2D eigenvalue weighted by Gasteiger charge is -2.05. The van der Waals surface area contributed by atoms with E-state index in [2.05, 4.69) is 24.3 Å². The molecule has 0 saturated carbocycles. The third-order valence-electron chi connectivity index (χ3n) is 4.67. The first kappa shape index (κ1) is 12.4. The van der Waals surface area contributed by atoms with Crippen LogP contribution in [-0.4, -0.2) is 4.92 Å². The molecule has 0 atom stereocenters. The number of hydrogen-bond donors (Lipinski definition) is 0. The van der Waals surface area contributed by atoms with E-state index in [0.29, 0.717) is 0 Å². The van der Waals surface area contributed by atoms with Gasteiger partial charge in [0, 0.05) is 11.5 Å². The van der Waals surface area contributed by atoms with Crippen molar-refractivity contribution in [1.82, 2.24) is 0 Å². The Kier molecular flexibility index (Phi) is 2.24. The van der Waals surface area contributed by atoms with Crippen molar-refractivity contribution in [1.29, 1.82) is 0 Å².